The third-order valence-electron chi connectivity index (χ3n) is 5.57. The van der Waals surface area contributed by atoms with Crippen molar-refractivity contribution >= 4 is 11.8 Å². The number of fused-ring (bicyclic) bond motifs is 1. The predicted molar refractivity (Wildman–Crippen MR) is 116 cm³/mol. The zero-order valence-electron chi connectivity index (χ0n) is 18.0. The molecule has 0 aromatic heterocycles. The van der Waals surface area contributed by atoms with E-state index in [4.69, 9.17) is 9.47 Å². The van der Waals surface area contributed by atoms with E-state index in [0.717, 1.165) is 19.3 Å². The second-order valence-corrected chi connectivity index (χ2v) is 7.91. The molecule has 1 aliphatic rings. The Hall–Kier alpha value is -3.02. The van der Waals surface area contributed by atoms with Crippen molar-refractivity contribution in [3.05, 3.63) is 59.2 Å². The molecule has 6 nitrogen and oxygen atoms in total. The fraction of sp³-hybridized carbons (Fsp3) is 0.417. The second-order valence-electron chi connectivity index (χ2n) is 7.91. The van der Waals surface area contributed by atoms with Crippen LogP contribution in [0, 0.1) is 5.92 Å². The summed E-state index contributed by atoms with van der Waals surface area (Å²) in [5.74, 6) is 0.394. The van der Waals surface area contributed by atoms with Crippen LogP contribution >= 0.6 is 0 Å². The van der Waals surface area contributed by atoms with Gasteiger partial charge in [-0.1, -0.05) is 38.1 Å². The normalized spacial score (nSPS) is 16.4. The third-order valence-corrected chi connectivity index (χ3v) is 5.57. The lowest BCUT2D eigenvalue weighted by molar-refractivity contribution is -0.124. The summed E-state index contributed by atoms with van der Waals surface area (Å²) in [6.45, 7) is 3.84. The van der Waals surface area contributed by atoms with E-state index >= 15 is 0 Å². The number of nitrogens with one attached hydrogen (secondary N) is 2. The molecule has 30 heavy (non-hydrogen) atoms. The quantitative estimate of drug-likeness (QED) is 0.731. The minimum Gasteiger partial charge on any atom is -0.497 e. The third kappa shape index (κ3) is 4.75. The van der Waals surface area contributed by atoms with Crippen molar-refractivity contribution in [2.75, 3.05) is 14.2 Å². The number of hydrogen-bond donors (Lipinski definition) is 2. The molecule has 0 radical (unpaired) electrons. The second kappa shape index (κ2) is 9.65. The number of ether oxygens (including phenoxy) is 2. The molecule has 2 N–H and O–H groups in total. The Kier molecular flexibility index (Phi) is 6.98. The predicted octanol–water partition coefficient (Wildman–Crippen LogP) is 3.65. The highest BCUT2D eigenvalue weighted by atomic mass is 16.5. The Bertz CT molecular complexity index is 910. The number of amides is 2. The van der Waals surface area contributed by atoms with Gasteiger partial charge < -0.3 is 20.1 Å². The van der Waals surface area contributed by atoms with Crippen LogP contribution in [0.15, 0.2) is 42.5 Å². The summed E-state index contributed by atoms with van der Waals surface area (Å²) in [7, 11) is 3.05. The van der Waals surface area contributed by atoms with E-state index in [2.05, 4.69) is 22.8 Å². The number of carbonyl (C=O) groups is 2. The molecule has 2 aromatic rings. The highest BCUT2D eigenvalue weighted by Crippen LogP contribution is 2.30. The van der Waals surface area contributed by atoms with Crippen molar-refractivity contribution in [3.8, 4) is 11.5 Å². The molecule has 0 fully saturated rings. The first-order valence-corrected chi connectivity index (χ1v) is 10.4. The maximum atomic E-state index is 13.1. The van der Waals surface area contributed by atoms with Crippen LogP contribution in [-0.4, -0.2) is 32.1 Å². The van der Waals surface area contributed by atoms with E-state index in [1.54, 1.807) is 25.3 Å². The first-order valence-electron chi connectivity index (χ1n) is 10.4. The minimum absolute atomic E-state index is 0.0314. The molecule has 1 aliphatic carbocycles. The van der Waals surface area contributed by atoms with Crippen LogP contribution in [0.5, 0.6) is 11.5 Å². The first-order chi connectivity index (χ1) is 14.4. The standard InChI is InChI=1S/C24H30N2O4/c1-15(2)22(26-23(27)19-13-12-17(29-3)14-21(19)30-4)24(28)25-20-11-7-9-16-8-5-6-10-18(16)20/h5-6,8,10,12-15,20,22H,7,9,11H2,1-4H3,(H,25,28)(H,26,27). The Morgan fingerprint density at radius 2 is 1.83 bits per heavy atom. The van der Waals surface area contributed by atoms with Gasteiger partial charge in [0.05, 0.1) is 25.8 Å². The average molecular weight is 411 g/mol. The molecule has 2 atom stereocenters. The number of benzene rings is 2. The van der Waals surface area contributed by atoms with Gasteiger partial charge in [0.2, 0.25) is 5.91 Å². The zero-order chi connectivity index (χ0) is 21.7. The van der Waals surface area contributed by atoms with Gasteiger partial charge in [0.25, 0.3) is 5.91 Å². The van der Waals surface area contributed by atoms with Crippen molar-refractivity contribution in [1.82, 2.24) is 10.6 Å². The zero-order valence-corrected chi connectivity index (χ0v) is 18.0. The van der Waals surface area contributed by atoms with Crippen molar-refractivity contribution in [2.24, 2.45) is 5.92 Å². The van der Waals surface area contributed by atoms with E-state index in [1.807, 2.05) is 26.0 Å². The average Bonchev–Trinajstić information content (AvgIpc) is 2.76. The Morgan fingerprint density at radius 1 is 1.07 bits per heavy atom. The van der Waals surface area contributed by atoms with Gasteiger partial charge in [-0.3, -0.25) is 9.59 Å². The summed E-state index contributed by atoms with van der Waals surface area (Å²) in [5, 5.41) is 6.04. The number of carbonyl (C=O) groups excluding carboxylic acids is 2. The summed E-state index contributed by atoms with van der Waals surface area (Å²) in [4.78, 5) is 26.0. The molecule has 2 unspecified atom stereocenters. The first kappa shape index (κ1) is 21.7. The molecule has 2 aromatic carbocycles. The molecule has 2 amide bonds. The topological polar surface area (TPSA) is 76.7 Å². The molecule has 6 heteroatoms. The van der Waals surface area contributed by atoms with Crippen LogP contribution in [-0.2, 0) is 11.2 Å². The van der Waals surface area contributed by atoms with E-state index in [9.17, 15) is 9.59 Å². The van der Waals surface area contributed by atoms with Crippen LogP contribution < -0.4 is 20.1 Å². The van der Waals surface area contributed by atoms with Crippen molar-refractivity contribution < 1.29 is 19.1 Å². The molecule has 3 rings (SSSR count). The fourth-order valence-electron chi connectivity index (χ4n) is 3.91. The van der Waals surface area contributed by atoms with Gasteiger partial charge in [0.15, 0.2) is 0 Å². The van der Waals surface area contributed by atoms with Crippen LogP contribution in [0.2, 0.25) is 0 Å². The molecule has 0 saturated carbocycles. The van der Waals surface area contributed by atoms with E-state index in [1.165, 1.54) is 18.2 Å². The molecular weight excluding hydrogens is 380 g/mol. The lowest BCUT2D eigenvalue weighted by Crippen LogP contribution is -2.50. The van der Waals surface area contributed by atoms with Gasteiger partial charge in [-0.25, -0.2) is 0 Å². The lowest BCUT2D eigenvalue weighted by Gasteiger charge is -2.29. The van der Waals surface area contributed by atoms with E-state index < -0.39 is 6.04 Å². The molecule has 0 spiro atoms. The van der Waals surface area contributed by atoms with Gasteiger partial charge in [-0.05, 0) is 48.4 Å². The van der Waals surface area contributed by atoms with Gasteiger partial charge >= 0.3 is 0 Å². The summed E-state index contributed by atoms with van der Waals surface area (Å²) < 4.78 is 10.5. The smallest absolute Gasteiger partial charge is 0.255 e. The Balaban J connectivity index is 1.75. The van der Waals surface area contributed by atoms with Crippen molar-refractivity contribution in [3.63, 3.8) is 0 Å². The number of methoxy groups -OCH3 is 2. The molecule has 0 saturated heterocycles. The molecule has 0 bridgehead atoms. The largest absolute Gasteiger partial charge is 0.497 e. The Morgan fingerprint density at radius 3 is 2.53 bits per heavy atom. The maximum Gasteiger partial charge on any atom is 0.255 e. The summed E-state index contributed by atoms with van der Waals surface area (Å²) in [6.07, 6.45) is 2.96. The van der Waals surface area contributed by atoms with Gasteiger partial charge in [-0.15, -0.1) is 0 Å². The highest BCUT2D eigenvalue weighted by Gasteiger charge is 2.29. The van der Waals surface area contributed by atoms with Crippen molar-refractivity contribution in [2.45, 2.75) is 45.2 Å². The Labute approximate surface area is 178 Å². The summed E-state index contributed by atoms with van der Waals surface area (Å²) in [6, 6.07) is 12.5. The van der Waals surface area contributed by atoms with E-state index in [-0.39, 0.29) is 23.8 Å². The van der Waals surface area contributed by atoms with Crippen LogP contribution in [0.3, 0.4) is 0 Å². The van der Waals surface area contributed by atoms with Crippen LogP contribution in [0.25, 0.3) is 0 Å². The highest BCUT2D eigenvalue weighted by molar-refractivity contribution is 6.00. The SMILES string of the molecule is COc1ccc(C(=O)NC(C(=O)NC2CCCc3ccccc32)C(C)C)c(OC)c1. The number of hydrogen-bond acceptors (Lipinski definition) is 4. The van der Waals surface area contributed by atoms with Crippen LogP contribution in [0.4, 0.5) is 0 Å². The number of rotatable bonds is 7. The summed E-state index contributed by atoms with van der Waals surface area (Å²) in [5.41, 5.74) is 2.81. The van der Waals surface area contributed by atoms with Crippen molar-refractivity contribution in [1.29, 1.82) is 0 Å². The van der Waals surface area contributed by atoms with E-state index in [0.29, 0.717) is 17.1 Å². The van der Waals surface area contributed by atoms with Gasteiger partial charge in [-0.2, -0.15) is 0 Å². The minimum atomic E-state index is -0.654. The molecular formula is C24H30N2O4. The summed E-state index contributed by atoms with van der Waals surface area (Å²) >= 11 is 0. The number of aryl methyl sites for hydroxylation is 1. The maximum absolute atomic E-state index is 13.1. The van der Waals surface area contributed by atoms with Crippen LogP contribution in [0.1, 0.15) is 54.2 Å². The molecule has 160 valence electrons. The monoisotopic (exact) mass is 410 g/mol. The molecule has 0 aliphatic heterocycles. The molecule has 0 heterocycles. The lowest BCUT2D eigenvalue weighted by atomic mass is 9.87. The van der Waals surface area contributed by atoms with Gasteiger partial charge in [0, 0.05) is 6.07 Å². The van der Waals surface area contributed by atoms with Gasteiger partial charge in [0.1, 0.15) is 17.5 Å². The fourth-order valence-corrected chi connectivity index (χ4v) is 3.91.